The third-order valence-corrected chi connectivity index (χ3v) is 3.27. The highest BCUT2D eigenvalue weighted by atomic mass is 16.7. The number of hydrogen-bond donors (Lipinski definition) is 1. The largest absolute Gasteiger partial charge is 0.506 e. The number of fused-ring (bicyclic) bond motifs is 1. The van der Waals surface area contributed by atoms with Crippen LogP contribution in [0.3, 0.4) is 0 Å². The zero-order valence-electron chi connectivity index (χ0n) is 10.7. The van der Waals surface area contributed by atoms with E-state index in [1.807, 2.05) is 30.3 Å². The summed E-state index contributed by atoms with van der Waals surface area (Å²) >= 11 is 0. The number of aromatic hydroxyl groups is 1. The Bertz CT molecular complexity index is 583. The van der Waals surface area contributed by atoms with E-state index in [4.69, 9.17) is 9.47 Å². The zero-order chi connectivity index (χ0) is 13.2. The smallest absolute Gasteiger partial charge is 0.184 e. The minimum atomic E-state index is -0.409. The standard InChI is InChI=1S/C15H15NO3/c1-10-14(17)13-9-19-15(11-5-3-2-4-6-11)18-8-12(13)7-16-10/h2-7,15,17H,8-9H2,1H3. The molecule has 0 amide bonds. The fourth-order valence-electron chi connectivity index (χ4n) is 2.14. The monoisotopic (exact) mass is 257 g/mol. The Labute approximate surface area is 111 Å². The van der Waals surface area contributed by atoms with Gasteiger partial charge in [0.25, 0.3) is 0 Å². The molecule has 2 aromatic rings. The molecule has 1 unspecified atom stereocenters. The molecule has 0 fully saturated rings. The molecule has 1 aliphatic rings. The van der Waals surface area contributed by atoms with Gasteiger partial charge >= 0.3 is 0 Å². The average molecular weight is 257 g/mol. The lowest BCUT2D eigenvalue weighted by atomic mass is 10.1. The van der Waals surface area contributed by atoms with E-state index in [0.717, 1.165) is 16.7 Å². The lowest BCUT2D eigenvalue weighted by molar-refractivity contribution is -0.153. The van der Waals surface area contributed by atoms with E-state index in [0.29, 0.717) is 18.9 Å². The van der Waals surface area contributed by atoms with Crippen molar-refractivity contribution >= 4 is 0 Å². The van der Waals surface area contributed by atoms with Crippen LogP contribution in [-0.4, -0.2) is 10.1 Å². The van der Waals surface area contributed by atoms with Crippen LogP contribution in [0.1, 0.15) is 28.7 Å². The SMILES string of the molecule is Cc1ncc2c(c1O)COC(c1ccccc1)OC2. The molecule has 0 radical (unpaired) electrons. The number of hydrogen-bond acceptors (Lipinski definition) is 4. The van der Waals surface area contributed by atoms with Crippen molar-refractivity contribution in [2.75, 3.05) is 0 Å². The van der Waals surface area contributed by atoms with E-state index < -0.39 is 6.29 Å². The lowest BCUT2D eigenvalue weighted by Crippen LogP contribution is -2.05. The first kappa shape index (κ1) is 12.1. The van der Waals surface area contributed by atoms with Crippen LogP contribution in [0.5, 0.6) is 5.75 Å². The van der Waals surface area contributed by atoms with Gasteiger partial charge in [0.2, 0.25) is 0 Å². The number of nitrogens with zero attached hydrogens (tertiary/aromatic N) is 1. The summed E-state index contributed by atoms with van der Waals surface area (Å²) in [4.78, 5) is 4.15. The molecule has 0 aliphatic carbocycles. The van der Waals surface area contributed by atoms with Gasteiger partial charge in [-0.05, 0) is 6.92 Å². The van der Waals surface area contributed by atoms with Gasteiger partial charge in [-0.15, -0.1) is 0 Å². The molecule has 1 atom stereocenters. The first-order valence-electron chi connectivity index (χ1n) is 6.20. The van der Waals surface area contributed by atoms with Crippen LogP contribution >= 0.6 is 0 Å². The Morgan fingerprint density at radius 3 is 2.68 bits per heavy atom. The van der Waals surface area contributed by atoms with Gasteiger partial charge in [0.15, 0.2) is 6.29 Å². The van der Waals surface area contributed by atoms with Crippen LogP contribution in [0, 0.1) is 6.92 Å². The molecule has 1 N–H and O–H groups in total. The van der Waals surface area contributed by atoms with Crippen LogP contribution in [0.25, 0.3) is 0 Å². The first-order chi connectivity index (χ1) is 9.25. The van der Waals surface area contributed by atoms with Crippen LogP contribution in [0.15, 0.2) is 36.5 Å². The Morgan fingerprint density at radius 1 is 1.16 bits per heavy atom. The molecule has 1 aliphatic heterocycles. The van der Waals surface area contributed by atoms with Gasteiger partial charge in [0.05, 0.1) is 18.9 Å². The summed E-state index contributed by atoms with van der Waals surface area (Å²) in [6.07, 6.45) is 1.33. The molecule has 0 bridgehead atoms. The number of ether oxygens (including phenoxy) is 2. The summed E-state index contributed by atoms with van der Waals surface area (Å²) in [6, 6.07) is 9.77. The molecule has 19 heavy (non-hydrogen) atoms. The summed E-state index contributed by atoms with van der Waals surface area (Å²) in [5.41, 5.74) is 3.23. The van der Waals surface area contributed by atoms with Crippen molar-refractivity contribution in [2.24, 2.45) is 0 Å². The van der Waals surface area contributed by atoms with Crippen molar-refractivity contribution in [1.29, 1.82) is 0 Å². The molecule has 98 valence electrons. The highest BCUT2D eigenvalue weighted by Gasteiger charge is 2.21. The van der Waals surface area contributed by atoms with Crippen molar-refractivity contribution in [1.82, 2.24) is 4.98 Å². The molecule has 1 aromatic heterocycles. The summed E-state index contributed by atoms with van der Waals surface area (Å²) in [5, 5.41) is 10.0. The second-order valence-corrected chi connectivity index (χ2v) is 4.56. The number of aromatic nitrogens is 1. The third kappa shape index (κ3) is 2.32. The molecular weight excluding hydrogens is 242 g/mol. The molecule has 4 heteroatoms. The number of aryl methyl sites for hydroxylation is 1. The van der Waals surface area contributed by atoms with E-state index >= 15 is 0 Å². The highest BCUT2D eigenvalue weighted by Crippen LogP contribution is 2.32. The number of benzene rings is 1. The molecular formula is C15H15NO3. The molecule has 0 saturated carbocycles. The maximum atomic E-state index is 10.0. The first-order valence-corrected chi connectivity index (χ1v) is 6.20. The zero-order valence-corrected chi connectivity index (χ0v) is 10.7. The third-order valence-electron chi connectivity index (χ3n) is 3.27. The van der Waals surface area contributed by atoms with Crippen molar-refractivity contribution in [2.45, 2.75) is 26.4 Å². The van der Waals surface area contributed by atoms with Gasteiger partial charge in [0.1, 0.15) is 5.75 Å². The van der Waals surface area contributed by atoms with Crippen LogP contribution in [-0.2, 0) is 22.7 Å². The normalized spacial score (nSPS) is 18.7. The quantitative estimate of drug-likeness (QED) is 0.853. The Morgan fingerprint density at radius 2 is 1.89 bits per heavy atom. The van der Waals surface area contributed by atoms with E-state index in [-0.39, 0.29) is 5.75 Å². The summed E-state index contributed by atoms with van der Waals surface area (Å²) < 4.78 is 11.5. The fraction of sp³-hybridized carbons (Fsp3) is 0.267. The minimum absolute atomic E-state index is 0.204. The lowest BCUT2D eigenvalue weighted by Gasteiger charge is -2.15. The van der Waals surface area contributed by atoms with Crippen LogP contribution in [0.2, 0.25) is 0 Å². The molecule has 0 saturated heterocycles. The van der Waals surface area contributed by atoms with E-state index in [9.17, 15) is 5.11 Å². The van der Waals surface area contributed by atoms with Crippen molar-refractivity contribution in [3.05, 3.63) is 58.9 Å². The fourth-order valence-corrected chi connectivity index (χ4v) is 2.14. The predicted octanol–water partition coefficient (Wildman–Crippen LogP) is 2.84. The van der Waals surface area contributed by atoms with Gasteiger partial charge in [-0.2, -0.15) is 0 Å². The molecule has 3 rings (SSSR count). The van der Waals surface area contributed by atoms with Crippen molar-refractivity contribution in [3.8, 4) is 5.75 Å². The van der Waals surface area contributed by atoms with Gasteiger partial charge < -0.3 is 14.6 Å². The van der Waals surface area contributed by atoms with Gasteiger partial charge in [-0.1, -0.05) is 30.3 Å². The van der Waals surface area contributed by atoms with Crippen LogP contribution < -0.4 is 0 Å². The molecule has 4 nitrogen and oxygen atoms in total. The summed E-state index contributed by atoms with van der Waals surface area (Å²) in [5.74, 6) is 0.204. The maximum absolute atomic E-state index is 10.0. The maximum Gasteiger partial charge on any atom is 0.184 e. The highest BCUT2D eigenvalue weighted by molar-refractivity contribution is 5.40. The van der Waals surface area contributed by atoms with Gasteiger partial charge in [-0.25, -0.2) is 0 Å². The topological polar surface area (TPSA) is 51.6 Å². The van der Waals surface area contributed by atoms with E-state index in [1.165, 1.54) is 0 Å². The average Bonchev–Trinajstić information content (AvgIpc) is 2.67. The van der Waals surface area contributed by atoms with E-state index in [1.54, 1.807) is 13.1 Å². The summed E-state index contributed by atoms with van der Waals surface area (Å²) in [7, 11) is 0. The van der Waals surface area contributed by atoms with Crippen molar-refractivity contribution in [3.63, 3.8) is 0 Å². The Kier molecular flexibility index (Phi) is 3.19. The van der Waals surface area contributed by atoms with Gasteiger partial charge in [0, 0.05) is 22.9 Å². The van der Waals surface area contributed by atoms with Gasteiger partial charge in [-0.3, -0.25) is 4.98 Å². The minimum Gasteiger partial charge on any atom is -0.506 e. The Hall–Kier alpha value is -1.91. The predicted molar refractivity (Wildman–Crippen MR) is 69.4 cm³/mol. The second kappa shape index (κ2) is 4.99. The summed E-state index contributed by atoms with van der Waals surface area (Å²) in [6.45, 7) is 2.48. The molecule has 1 aromatic carbocycles. The number of pyridine rings is 1. The second-order valence-electron chi connectivity index (χ2n) is 4.56. The molecule has 0 spiro atoms. The number of rotatable bonds is 1. The van der Waals surface area contributed by atoms with E-state index in [2.05, 4.69) is 4.98 Å². The van der Waals surface area contributed by atoms with Crippen LogP contribution in [0.4, 0.5) is 0 Å². The molecule has 2 heterocycles. The Balaban J connectivity index is 1.88. The van der Waals surface area contributed by atoms with Crippen molar-refractivity contribution < 1.29 is 14.6 Å².